The summed E-state index contributed by atoms with van der Waals surface area (Å²) in [4.78, 5) is 12.1. The molecular formula is C17H12Cl2N4O. The minimum absolute atomic E-state index is 0.309. The molecule has 2 N–H and O–H groups in total. The third kappa shape index (κ3) is 3.64. The highest BCUT2D eigenvalue weighted by Crippen LogP contribution is 2.24. The number of hydrazone groups is 1. The van der Waals surface area contributed by atoms with Crippen LogP contribution in [-0.4, -0.2) is 22.3 Å². The molecule has 0 radical (unpaired) electrons. The largest absolute Gasteiger partial charge is 0.289 e. The predicted octanol–water partition coefficient (Wildman–Crippen LogP) is 4.15. The molecule has 24 heavy (non-hydrogen) atoms. The van der Waals surface area contributed by atoms with Crippen molar-refractivity contribution < 1.29 is 4.79 Å². The van der Waals surface area contributed by atoms with E-state index in [2.05, 4.69) is 20.7 Å². The Hall–Kier alpha value is -2.63. The van der Waals surface area contributed by atoms with Gasteiger partial charge in [0.1, 0.15) is 5.69 Å². The lowest BCUT2D eigenvalue weighted by Crippen LogP contribution is -2.18. The van der Waals surface area contributed by atoms with Gasteiger partial charge in [-0.2, -0.15) is 10.2 Å². The zero-order valence-electron chi connectivity index (χ0n) is 12.3. The quantitative estimate of drug-likeness (QED) is 0.543. The number of hydrogen-bond acceptors (Lipinski definition) is 3. The number of amides is 1. The summed E-state index contributed by atoms with van der Waals surface area (Å²) >= 11 is 12.0. The summed E-state index contributed by atoms with van der Waals surface area (Å²) in [5.41, 5.74) is 4.94. The van der Waals surface area contributed by atoms with E-state index in [9.17, 15) is 4.79 Å². The highest BCUT2D eigenvalue weighted by atomic mass is 35.5. The van der Waals surface area contributed by atoms with E-state index < -0.39 is 5.91 Å². The molecular weight excluding hydrogens is 347 g/mol. The molecule has 1 aromatic heterocycles. The van der Waals surface area contributed by atoms with E-state index in [1.807, 2.05) is 30.3 Å². The van der Waals surface area contributed by atoms with Gasteiger partial charge >= 0.3 is 0 Å². The minimum Gasteiger partial charge on any atom is -0.272 e. The van der Waals surface area contributed by atoms with E-state index in [1.54, 1.807) is 24.3 Å². The van der Waals surface area contributed by atoms with Crippen LogP contribution < -0.4 is 5.43 Å². The Balaban J connectivity index is 1.69. The molecule has 0 saturated carbocycles. The van der Waals surface area contributed by atoms with Crippen LogP contribution in [0, 0.1) is 0 Å². The van der Waals surface area contributed by atoms with Gasteiger partial charge in [-0.15, -0.1) is 0 Å². The van der Waals surface area contributed by atoms with Crippen molar-refractivity contribution in [2.75, 3.05) is 0 Å². The molecule has 3 rings (SSSR count). The van der Waals surface area contributed by atoms with Crippen LogP contribution in [0.15, 0.2) is 59.7 Å². The highest BCUT2D eigenvalue weighted by Gasteiger charge is 2.10. The lowest BCUT2D eigenvalue weighted by Gasteiger charge is -2.00. The zero-order valence-corrected chi connectivity index (χ0v) is 13.8. The fourth-order valence-electron chi connectivity index (χ4n) is 2.04. The van der Waals surface area contributed by atoms with Crippen LogP contribution >= 0.6 is 23.2 Å². The van der Waals surface area contributed by atoms with Crippen LogP contribution in [-0.2, 0) is 0 Å². The van der Waals surface area contributed by atoms with Gasteiger partial charge in [-0.05, 0) is 12.1 Å². The maximum atomic E-state index is 12.1. The molecule has 7 heteroatoms. The third-order valence-corrected chi connectivity index (χ3v) is 4.08. The summed E-state index contributed by atoms with van der Waals surface area (Å²) in [5.74, 6) is -0.404. The maximum Gasteiger partial charge on any atom is 0.289 e. The van der Waals surface area contributed by atoms with Gasteiger partial charge in [0, 0.05) is 11.1 Å². The number of nitrogens with one attached hydrogen (secondary N) is 2. The second kappa shape index (κ2) is 7.29. The van der Waals surface area contributed by atoms with Gasteiger partial charge in [0.25, 0.3) is 5.91 Å². The summed E-state index contributed by atoms with van der Waals surface area (Å²) in [7, 11) is 0. The van der Waals surface area contributed by atoms with Gasteiger partial charge in [0.05, 0.1) is 22.0 Å². The predicted molar refractivity (Wildman–Crippen MR) is 95.5 cm³/mol. The number of nitrogens with zero attached hydrogens (tertiary/aromatic N) is 2. The SMILES string of the molecule is O=C(N/N=C\c1cccc(Cl)c1Cl)c1cc(-c2ccccc2)n[nH]1. The highest BCUT2D eigenvalue weighted by molar-refractivity contribution is 6.43. The molecule has 2 aromatic carbocycles. The number of aromatic nitrogens is 2. The van der Waals surface area contributed by atoms with Crippen LogP contribution in [0.2, 0.25) is 10.0 Å². The first kappa shape index (κ1) is 16.2. The van der Waals surface area contributed by atoms with Gasteiger partial charge in [0.2, 0.25) is 0 Å². The Morgan fingerprint density at radius 3 is 2.71 bits per heavy atom. The average molecular weight is 359 g/mol. The fraction of sp³-hybridized carbons (Fsp3) is 0. The van der Waals surface area contributed by atoms with Gasteiger partial charge < -0.3 is 0 Å². The van der Waals surface area contributed by atoms with Crippen molar-refractivity contribution in [2.24, 2.45) is 5.10 Å². The molecule has 1 amide bonds. The van der Waals surface area contributed by atoms with Gasteiger partial charge in [-0.1, -0.05) is 65.7 Å². The summed E-state index contributed by atoms with van der Waals surface area (Å²) < 4.78 is 0. The van der Waals surface area contributed by atoms with Crippen LogP contribution in [0.5, 0.6) is 0 Å². The van der Waals surface area contributed by atoms with E-state index >= 15 is 0 Å². The van der Waals surface area contributed by atoms with E-state index in [0.717, 1.165) is 5.56 Å². The van der Waals surface area contributed by atoms with Gasteiger partial charge in [-0.3, -0.25) is 9.89 Å². The second-order valence-electron chi connectivity index (χ2n) is 4.88. The number of hydrogen-bond donors (Lipinski definition) is 2. The second-order valence-corrected chi connectivity index (χ2v) is 5.66. The molecule has 0 bridgehead atoms. The molecule has 120 valence electrons. The lowest BCUT2D eigenvalue weighted by atomic mass is 10.1. The number of carbonyl (C=O) groups is 1. The van der Waals surface area contributed by atoms with Crippen molar-refractivity contribution in [3.05, 3.63) is 75.9 Å². The molecule has 0 unspecified atom stereocenters. The first-order chi connectivity index (χ1) is 11.6. The molecule has 0 aliphatic rings. The molecule has 0 atom stereocenters. The van der Waals surface area contributed by atoms with Gasteiger partial charge in [-0.25, -0.2) is 5.43 Å². The summed E-state index contributed by atoms with van der Waals surface area (Å²) in [6.45, 7) is 0. The maximum absolute atomic E-state index is 12.1. The molecule has 5 nitrogen and oxygen atoms in total. The molecule has 0 saturated heterocycles. The Labute approximate surface area is 148 Å². The summed E-state index contributed by atoms with van der Waals surface area (Å²) in [6.07, 6.45) is 1.43. The summed E-state index contributed by atoms with van der Waals surface area (Å²) in [5, 5.41) is 11.5. The van der Waals surface area contributed by atoms with Crippen molar-refractivity contribution in [1.82, 2.24) is 15.6 Å². The van der Waals surface area contributed by atoms with E-state index in [0.29, 0.717) is 27.0 Å². The zero-order chi connectivity index (χ0) is 16.9. The Morgan fingerprint density at radius 2 is 1.92 bits per heavy atom. The topological polar surface area (TPSA) is 70.1 Å². The van der Waals surface area contributed by atoms with Crippen LogP contribution in [0.25, 0.3) is 11.3 Å². The summed E-state index contributed by atoms with van der Waals surface area (Å²) in [6, 6.07) is 16.4. The molecule has 0 aliphatic carbocycles. The lowest BCUT2D eigenvalue weighted by molar-refractivity contribution is 0.0950. The standard InChI is InChI=1S/C17H12Cl2N4O/c18-13-8-4-7-12(16(13)19)10-20-23-17(24)15-9-14(21-22-15)11-5-2-1-3-6-11/h1-10H,(H,21,22)(H,23,24)/b20-10-. The van der Waals surface area contributed by atoms with Crippen molar-refractivity contribution in [2.45, 2.75) is 0 Å². The molecule has 0 spiro atoms. The van der Waals surface area contributed by atoms with Crippen molar-refractivity contribution in [1.29, 1.82) is 0 Å². The number of rotatable bonds is 4. The van der Waals surface area contributed by atoms with Gasteiger partial charge in [0.15, 0.2) is 0 Å². The first-order valence-corrected chi connectivity index (χ1v) is 7.79. The minimum atomic E-state index is -0.404. The van der Waals surface area contributed by atoms with Crippen LogP contribution in [0.1, 0.15) is 16.1 Å². The Morgan fingerprint density at radius 1 is 1.12 bits per heavy atom. The number of H-pyrrole nitrogens is 1. The smallest absolute Gasteiger partial charge is 0.272 e. The number of aromatic amines is 1. The molecule has 0 fully saturated rings. The Bertz CT molecular complexity index is 891. The monoisotopic (exact) mass is 358 g/mol. The van der Waals surface area contributed by atoms with Crippen molar-refractivity contribution in [3.8, 4) is 11.3 Å². The third-order valence-electron chi connectivity index (χ3n) is 3.24. The van der Waals surface area contributed by atoms with Crippen molar-refractivity contribution in [3.63, 3.8) is 0 Å². The molecule has 1 heterocycles. The van der Waals surface area contributed by atoms with E-state index in [-0.39, 0.29) is 0 Å². The van der Waals surface area contributed by atoms with Crippen LogP contribution in [0.3, 0.4) is 0 Å². The normalized spacial score (nSPS) is 10.9. The van der Waals surface area contributed by atoms with Crippen molar-refractivity contribution >= 4 is 35.3 Å². The first-order valence-electron chi connectivity index (χ1n) is 7.03. The Kier molecular flexibility index (Phi) is 4.93. The molecule has 0 aliphatic heterocycles. The van der Waals surface area contributed by atoms with E-state index in [4.69, 9.17) is 23.2 Å². The molecule has 3 aromatic rings. The van der Waals surface area contributed by atoms with E-state index in [1.165, 1.54) is 6.21 Å². The fourth-order valence-corrected chi connectivity index (χ4v) is 2.39. The number of halogens is 2. The van der Waals surface area contributed by atoms with Crippen LogP contribution in [0.4, 0.5) is 0 Å². The number of carbonyl (C=O) groups excluding carboxylic acids is 1. The average Bonchev–Trinajstić information content (AvgIpc) is 3.09. The number of benzene rings is 2.